The molecule has 6 nitrogen and oxygen atoms in total. The van der Waals surface area contributed by atoms with Crippen molar-refractivity contribution in [1.29, 1.82) is 0 Å². The van der Waals surface area contributed by atoms with Crippen molar-refractivity contribution < 1.29 is 22.7 Å². The van der Waals surface area contributed by atoms with Crippen LogP contribution in [0.3, 0.4) is 0 Å². The largest absolute Gasteiger partial charge is 0.496 e. The Balaban J connectivity index is 2.01. The summed E-state index contributed by atoms with van der Waals surface area (Å²) in [5.74, 6) is -0.102. The molecule has 0 aliphatic heterocycles. The van der Waals surface area contributed by atoms with Gasteiger partial charge in [0.15, 0.2) is 0 Å². The van der Waals surface area contributed by atoms with Gasteiger partial charge in [-0.1, -0.05) is 27.5 Å². The van der Waals surface area contributed by atoms with Crippen LogP contribution in [0, 0.1) is 0 Å². The lowest BCUT2D eigenvalue weighted by molar-refractivity contribution is -0.144. The van der Waals surface area contributed by atoms with E-state index in [0.29, 0.717) is 16.3 Å². The minimum atomic E-state index is -3.81. The van der Waals surface area contributed by atoms with E-state index in [1.54, 1.807) is 18.2 Å². The summed E-state index contributed by atoms with van der Waals surface area (Å²) in [5.41, 5.74) is 0.665. The minimum Gasteiger partial charge on any atom is -0.496 e. The highest BCUT2D eigenvalue weighted by Crippen LogP contribution is 2.24. The molecule has 2 aromatic carbocycles. The van der Waals surface area contributed by atoms with Crippen LogP contribution in [0.15, 0.2) is 51.8 Å². The Morgan fingerprint density at radius 1 is 1.19 bits per heavy atom. The number of hydrogen-bond acceptors (Lipinski definition) is 5. The van der Waals surface area contributed by atoms with Crippen LogP contribution in [-0.4, -0.2) is 39.4 Å². The number of sulfonamides is 1. The van der Waals surface area contributed by atoms with Crippen molar-refractivity contribution in [1.82, 2.24) is 4.31 Å². The van der Waals surface area contributed by atoms with Crippen molar-refractivity contribution in [2.45, 2.75) is 11.5 Å². The van der Waals surface area contributed by atoms with Crippen molar-refractivity contribution in [2.24, 2.45) is 0 Å². The standard InChI is InChI=1S/C17H17BrClNO5S/c1-20(26(22,23)15-6-4-14(19)5-7-15)10-17(21)25-11-12-9-13(18)3-8-16(12)24-2/h3-9H,10-11H2,1-2H3. The zero-order chi connectivity index (χ0) is 19.3. The number of hydrogen-bond donors (Lipinski definition) is 0. The van der Waals surface area contributed by atoms with Gasteiger partial charge in [-0.2, -0.15) is 4.31 Å². The summed E-state index contributed by atoms with van der Waals surface area (Å²) in [6.45, 7) is -0.447. The minimum absolute atomic E-state index is 0.0315. The fourth-order valence-electron chi connectivity index (χ4n) is 2.12. The number of ether oxygens (including phenoxy) is 2. The Morgan fingerprint density at radius 2 is 1.85 bits per heavy atom. The average Bonchev–Trinajstić information content (AvgIpc) is 2.60. The molecule has 0 spiro atoms. The Bertz CT molecular complexity index is 887. The van der Waals surface area contributed by atoms with Crippen LogP contribution < -0.4 is 4.74 Å². The Kier molecular flexibility index (Phi) is 7.05. The molecule has 0 saturated heterocycles. The van der Waals surface area contributed by atoms with Gasteiger partial charge in [0.1, 0.15) is 18.9 Å². The smallest absolute Gasteiger partial charge is 0.321 e. The van der Waals surface area contributed by atoms with Crippen LogP contribution in [0.5, 0.6) is 5.75 Å². The molecular weight excluding hydrogens is 446 g/mol. The first-order valence-corrected chi connectivity index (χ1v) is 10.0. The van der Waals surface area contributed by atoms with Crippen LogP contribution in [0.4, 0.5) is 0 Å². The van der Waals surface area contributed by atoms with Crippen LogP contribution >= 0.6 is 27.5 Å². The third-order valence-corrected chi connectivity index (χ3v) is 6.07. The molecule has 0 aromatic heterocycles. The highest BCUT2D eigenvalue weighted by molar-refractivity contribution is 9.10. The molecule has 0 heterocycles. The van der Waals surface area contributed by atoms with E-state index in [4.69, 9.17) is 21.1 Å². The lowest BCUT2D eigenvalue weighted by Crippen LogP contribution is -2.33. The van der Waals surface area contributed by atoms with Gasteiger partial charge in [0.25, 0.3) is 0 Å². The second kappa shape index (κ2) is 8.85. The molecule has 0 radical (unpaired) electrons. The molecule has 9 heteroatoms. The predicted octanol–water partition coefficient (Wildman–Crippen LogP) is 3.48. The second-order valence-corrected chi connectivity index (χ2v) is 8.73. The van der Waals surface area contributed by atoms with Crippen LogP contribution in [0.1, 0.15) is 5.56 Å². The SMILES string of the molecule is COc1ccc(Br)cc1COC(=O)CN(C)S(=O)(=O)c1ccc(Cl)cc1. The van der Waals surface area contributed by atoms with E-state index in [1.807, 2.05) is 0 Å². The lowest BCUT2D eigenvalue weighted by atomic mass is 10.2. The van der Waals surface area contributed by atoms with Crippen LogP contribution in [-0.2, 0) is 26.2 Å². The molecule has 0 saturated carbocycles. The van der Waals surface area contributed by atoms with Gasteiger partial charge in [-0.05, 0) is 42.5 Å². The Hall–Kier alpha value is -1.61. The summed E-state index contributed by atoms with van der Waals surface area (Å²) < 4.78 is 37.0. The van der Waals surface area contributed by atoms with E-state index in [1.165, 1.54) is 38.4 Å². The molecule has 0 aliphatic rings. The molecule has 0 unspecified atom stereocenters. The normalized spacial score (nSPS) is 11.4. The van der Waals surface area contributed by atoms with Gasteiger partial charge in [-0.3, -0.25) is 4.79 Å². The highest BCUT2D eigenvalue weighted by atomic mass is 79.9. The maximum absolute atomic E-state index is 12.4. The molecule has 0 atom stereocenters. The van der Waals surface area contributed by atoms with Crippen molar-refractivity contribution in [3.63, 3.8) is 0 Å². The zero-order valence-electron chi connectivity index (χ0n) is 14.1. The molecular formula is C17H17BrClNO5S. The number of nitrogens with zero attached hydrogens (tertiary/aromatic N) is 1. The average molecular weight is 463 g/mol. The van der Waals surface area contributed by atoms with Crippen molar-refractivity contribution >= 4 is 43.5 Å². The predicted molar refractivity (Wildman–Crippen MR) is 102 cm³/mol. The quantitative estimate of drug-likeness (QED) is 0.589. The van der Waals surface area contributed by atoms with Gasteiger partial charge in [-0.15, -0.1) is 0 Å². The van der Waals surface area contributed by atoms with Gasteiger partial charge in [0, 0.05) is 22.1 Å². The number of halogens is 2. The van der Waals surface area contributed by atoms with E-state index in [-0.39, 0.29) is 11.5 Å². The number of methoxy groups -OCH3 is 1. The summed E-state index contributed by atoms with van der Waals surface area (Å²) >= 11 is 9.10. The molecule has 140 valence electrons. The molecule has 0 amide bonds. The number of likely N-dealkylation sites (N-methyl/N-ethyl adjacent to an activating group) is 1. The molecule has 0 aliphatic carbocycles. The van der Waals surface area contributed by atoms with Crippen LogP contribution in [0.2, 0.25) is 5.02 Å². The molecule has 2 rings (SSSR count). The van der Waals surface area contributed by atoms with Crippen molar-refractivity contribution in [3.05, 3.63) is 57.5 Å². The summed E-state index contributed by atoms with van der Waals surface area (Å²) in [6.07, 6.45) is 0. The topological polar surface area (TPSA) is 72.9 Å². The Morgan fingerprint density at radius 3 is 2.46 bits per heavy atom. The third kappa shape index (κ3) is 5.20. The van der Waals surface area contributed by atoms with Crippen molar-refractivity contribution in [2.75, 3.05) is 20.7 Å². The fraction of sp³-hybridized carbons (Fsp3) is 0.235. The maximum atomic E-state index is 12.4. The number of benzene rings is 2. The van der Waals surface area contributed by atoms with Gasteiger partial charge < -0.3 is 9.47 Å². The van der Waals surface area contributed by atoms with Gasteiger partial charge in [0.05, 0.1) is 12.0 Å². The first-order chi connectivity index (χ1) is 12.2. The Labute approximate surface area is 165 Å². The third-order valence-electron chi connectivity index (χ3n) is 3.50. The van der Waals surface area contributed by atoms with E-state index < -0.39 is 22.5 Å². The molecule has 26 heavy (non-hydrogen) atoms. The number of carbonyl (C=O) groups excluding carboxylic acids is 1. The summed E-state index contributed by atoms with van der Waals surface area (Å²) in [6, 6.07) is 11.0. The lowest BCUT2D eigenvalue weighted by Gasteiger charge is -2.17. The monoisotopic (exact) mass is 461 g/mol. The maximum Gasteiger partial charge on any atom is 0.321 e. The number of rotatable bonds is 7. The van der Waals surface area contributed by atoms with E-state index in [2.05, 4.69) is 15.9 Å². The van der Waals surface area contributed by atoms with Gasteiger partial charge in [-0.25, -0.2) is 8.42 Å². The van der Waals surface area contributed by atoms with E-state index in [9.17, 15) is 13.2 Å². The fourth-order valence-corrected chi connectivity index (χ4v) is 3.77. The van der Waals surface area contributed by atoms with Gasteiger partial charge in [0.2, 0.25) is 10.0 Å². The summed E-state index contributed by atoms with van der Waals surface area (Å²) in [7, 11) is -0.986. The molecule has 0 N–H and O–H groups in total. The second-order valence-electron chi connectivity index (χ2n) is 5.33. The first-order valence-electron chi connectivity index (χ1n) is 7.44. The first kappa shape index (κ1) is 20.7. The van der Waals surface area contributed by atoms with E-state index in [0.717, 1.165) is 8.78 Å². The number of carbonyl (C=O) groups is 1. The van der Waals surface area contributed by atoms with Crippen molar-refractivity contribution in [3.8, 4) is 5.75 Å². The zero-order valence-corrected chi connectivity index (χ0v) is 17.3. The van der Waals surface area contributed by atoms with E-state index >= 15 is 0 Å². The molecule has 2 aromatic rings. The summed E-state index contributed by atoms with van der Waals surface area (Å²) in [4.78, 5) is 12.1. The van der Waals surface area contributed by atoms with Crippen LogP contribution in [0.25, 0.3) is 0 Å². The molecule has 0 bridgehead atoms. The highest BCUT2D eigenvalue weighted by Gasteiger charge is 2.23. The summed E-state index contributed by atoms with van der Waals surface area (Å²) in [5, 5.41) is 0.425. The number of esters is 1. The molecule has 0 fully saturated rings. The van der Waals surface area contributed by atoms with Gasteiger partial charge >= 0.3 is 5.97 Å².